The van der Waals surface area contributed by atoms with Gasteiger partial charge in [-0.3, -0.25) is 9.59 Å². The van der Waals surface area contributed by atoms with E-state index in [0.29, 0.717) is 6.07 Å². The van der Waals surface area contributed by atoms with E-state index in [-0.39, 0.29) is 25.4 Å². The van der Waals surface area contributed by atoms with Gasteiger partial charge in [0.15, 0.2) is 17.4 Å². The third-order valence-electron chi connectivity index (χ3n) is 3.07. The first kappa shape index (κ1) is 14.2. The van der Waals surface area contributed by atoms with Gasteiger partial charge in [0, 0.05) is 19.0 Å². The molecule has 1 heterocycles. The molecule has 1 saturated heterocycles. The van der Waals surface area contributed by atoms with Crippen LogP contribution in [0.1, 0.15) is 16.8 Å². The van der Waals surface area contributed by atoms with Crippen LogP contribution < -0.4 is 0 Å². The van der Waals surface area contributed by atoms with Crippen LogP contribution in [-0.4, -0.2) is 40.1 Å². The number of nitrogens with zero attached hydrogens (tertiary/aromatic N) is 1. The highest BCUT2D eigenvalue weighted by molar-refractivity contribution is 5.95. The topological polar surface area (TPSA) is 77.8 Å². The van der Waals surface area contributed by atoms with Gasteiger partial charge in [-0.15, -0.1) is 0 Å². The zero-order chi connectivity index (χ0) is 15.0. The molecule has 0 saturated carbocycles. The second-order valence-electron chi connectivity index (χ2n) is 4.56. The first-order valence-corrected chi connectivity index (χ1v) is 5.68. The molecule has 108 valence electrons. The molecule has 2 N–H and O–H groups in total. The van der Waals surface area contributed by atoms with Crippen molar-refractivity contribution in [3.05, 3.63) is 29.1 Å². The maximum atomic E-state index is 13.5. The van der Waals surface area contributed by atoms with E-state index in [4.69, 9.17) is 10.2 Å². The maximum Gasteiger partial charge on any atom is 0.303 e. The predicted octanol–water partition coefficient (Wildman–Crippen LogP) is 1.36. The molecule has 0 aromatic heterocycles. The molecule has 1 aliphatic rings. The lowest BCUT2D eigenvalue weighted by atomic mass is 9.95. The zero-order valence-corrected chi connectivity index (χ0v) is 10.1. The van der Waals surface area contributed by atoms with Gasteiger partial charge >= 0.3 is 5.97 Å². The quantitative estimate of drug-likeness (QED) is 0.824. The van der Waals surface area contributed by atoms with E-state index < -0.39 is 40.6 Å². The van der Waals surface area contributed by atoms with Gasteiger partial charge in [-0.05, 0) is 6.07 Å². The van der Waals surface area contributed by atoms with Gasteiger partial charge in [0.05, 0.1) is 12.0 Å². The lowest BCUT2D eigenvalue weighted by molar-refractivity contribution is -0.139. The molecule has 0 radical (unpaired) electrons. The number of carboxylic acid groups (broad SMARTS) is 1. The van der Waals surface area contributed by atoms with Crippen molar-refractivity contribution in [3.8, 4) is 5.75 Å². The molecular formula is C12H10F3NO4. The molecule has 5 nitrogen and oxygen atoms in total. The number of carboxylic acids is 1. The number of hydrogen-bond acceptors (Lipinski definition) is 3. The molecule has 1 fully saturated rings. The molecule has 0 unspecified atom stereocenters. The number of aliphatic carboxylic acids is 1. The smallest absolute Gasteiger partial charge is 0.303 e. The predicted molar refractivity (Wildman–Crippen MR) is 59.6 cm³/mol. The largest absolute Gasteiger partial charge is 0.503 e. The highest BCUT2D eigenvalue weighted by atomic mass is 19.2. The van der Waals surface area contributed by atoms with Crippen LogP contribution in [0.4, 0.5) is 13.2 Å². The molecule has 8 heteroatoms. The molecular weight excluding hydrogens is 279 g/mol. The van der Waals surface area contributed by atoms with Crippen LogP contribution in [0.3, 0.4) is 0 Å². The lowest BCUT2D eigenvalue weighted by Crippen LogP contribution is -2.50. The van der Waals surface area contributed by atoms with Crippen LogP contribution in [0.15, 0.2) is 6.07 Å². The summed E-state index contributed by atoms with van der Waals surface area (Å²) in [5.41, 5.74) is -0.782. The van der Waals surface area contributed by atoms with Crippen molar-refractivity contribution in [2.24, 2.45) is 5.92 Å². The Hall–Kier alpha value is -2.25. The molecule has 0 bridgehead atoms. The van der Waals surface area contributed by atoms with Crippen LogP contribution >= 0.6 is 0 Å². The normalized spacial score (nSPS) is 15.1. The summed E-state index contributed by atoms with van der Waals surface area (Å²) in [6.07, 6.45) is -0.130. The summed E-state index contributed by atoms with van der Waals surface area (Å²) in [6, 6.07) is 0.372. The summed E-state index contributed by atoms with van der Waals surface area (Å²) in [7, 11) is 0. The fourth-order valence-corrected chi connectivity index (χ4v) is 2.03. The van der Waals surface area contributed by atoms with E-state index in [1.807, 2.05) is 0 Å². The summed E-state index contributed by atoms with van der Waals surface area (Å²) >= 11 is 0. The van der Waals surface area contributed by atoms with Gasteiger partial charge in [-0.1, -0.05) is 0 Å². The van der Waals surface area contributed by atoms with Crippen LogP contribution in [-0.2, 0) is 4.79 Å². The summed E-state index contributed by atoms with van der Waals surface area (Å²) in [4.78, 5) is 23.4. The molecule has 1 amide bonds. The fourth-order valence-electron chi connectivity index (χ4n) is 2.03. The first-order valence-electron chi connectivity index (χ1n) is 5.68. The Balaban J connectivity index is 2.14. The fraction of sp³-hybridized carbons (Fsp3) is 0.333. The van der Waals surface area contributed by atoms with Crippen molar-refractivity contribution < 1.29 is 33.0 Å². The number of likely N-dealkylation sites (tertiary alicyclic amines) is 1. The minimum Gasteiger partial charge on any atom is -0.503 e. The molecule has 1 aromatic carbocycles. The Morgan fingerprint density at radius 2 is 1.85 bits per heavy atom. The number of aromatic hydroxyl groups is 1. The number of carbonyl (C=O) groups is 2. The monoisotopic (exact) mass is 289 g/mol. The Kier molecular flexibility index (Phi) is 3.56. The maximum absolute atomic E-state index is 13.5. The van der Waals surface area contributed by atoms with Gasteiger partial charge in [-0.25, -0.2) is 8.78 Å². The number of hydrogen-bond donors (Lipinski definition) is 2. The number of phenols is 1. The van der Waals surface area contributed by atoms with E-state index in [0.717, 1.165) is 4.90 Å². The second-order valence-corrected chi connectivity index (χ2v) is 4.56. The second kappa shape index (κ2) is 5.03. The number of benzene rings is 1. The van der Waals surface area contributed by atoms with Crippen LogP contribution in [0.2, 0.25) is 0 Å². The van der Waals surface area contributed by atoms with E-state index in [2.05, 4.69) is 0 Å². The molecule has 0 spiro atoms. The van der Waals surface area contributed by atoms with Crippen molar-refractivity contribution in [1.82, 2.24) is 4.90 Å². The molecule has 20 heavy (non-hydrogen) atoms. The molecule has 2 rings (SSSR count). The lowest BCUT2D eigenvalue weighted by Gasteiger charge is -2.38. The van der Waals surface area contributed by atoms with Crippen LogP contribution in [0.5, 0.6) is 5.75 Å². The van der Waals surface area contributed by atoms with Gasteiger partial charge in [-0.2, -0.15) is 4.39 Å². The average molecular weight is 289 g/mol. The van der Waals surface area contributed by atoms with E-state index in [9.17, 15) is 22.8 Å². The van der Waals surface area contributed by atoms with E-state index >= 15 is 0 Å². The van der Waals surface area contributed by atoms with Gasteiger partial charge < -0.3 is 15.1 Å². The molecule has 1 aliphatic heterocycles. The summed E-state index contributed by atoms with van der Waals surface area (Å²) < 4.78 is 39.5. The van der Waals surface area contributed by atoms with Crippen molar-refractivity contribution >= 4 is 11.9 Å². The Morgan fingerprint density at radius 1 is 1.25 bits per heavy atom. The number of rotatable bonds is 3. The van der Waals surface area contributed by atoms with Crippen molar-refractivity contribution in [2.45, 2.75) is 6.42 Å². The van der Waals surface area contributed by atoms with Crippen molar-refractivity contribution in [2.75, 3.05) is 13.1 Å². The molecule has 1 aromatic rings. The summed E-state index contributed by atoms with van der Waals surface area (Å²) in [5, 5.41) is 17.6. The third kappa shape index (κ3) is 2.40. The van der Waals surface area contributed by atoms with Crippen molar-refractivity contribution in [1.29, 1.82) is 0 Å². The van der Waals surface area contributed by atoms with E-state index in [1.165, 1.54) is 0 Å². The SMILES string of the molecule is O=C(O)CC1CN(C(=O)c2cc(F)c(F)c(O)c2F)C1. The van der Waals surface area contributed by atoms with Gasteiger partial charge in [0.2, 0.25) is 5.82 Å². The first-order chi connectivity index (χ1) is 9.31. The van der Waals surface area contributed by atoms with Crippen LogP contribution in [0.25, 0.3) is 0 Å². The van der Waals surface area contributed by atoms with Gasteiger partial charge in [0.25, 0.3) is 5.91 Å². The minimum absolute atomic E-state index is 0.0876. The Bertz CT molecular complexity index is 585. The molecule has 0 aliphatic carbocycles. The molecule has 0 atom stereocenters. The Labute approximate surface area is 111 Å². The van der Waals surface area contributed by atoms with Crippen LogP contribution in [0, 0.1) is 23.4 Å². The number of carbonyl (C=O) groups excluding carboxylic acids is 1. The number of halogens is 3. The highest BCUT2D eigenvalue weighted by Crippen LogP contribution is 2.29. The van der Waals surface area contributed by atoms with Crippen molar-refractivity contribution in [3.63, 3.8) is 0 Å². The average Bonchev–Trinajstić information content (AvgIpc) is 2.34. The number of phenolic OH excluding ortho intramolecular Hbond substituents is 1. The summed E-state index contributed by atoms with van der Waals surface area (Å²) in [6.45, 7) is 0.175. The zero-order valence-electron chi connectivity index (χ0n) is 10.1. The van der Waals surface area contributed by atoms with E-state index in [1.54, 1.807) is 0 Å². The summed E-state index contributed by atoms with van der Waals surface area (Å²) in [5.74, 6) is -8.55. The Morgan fingerprint density at radius 3 is 2.40 bits per heavy atom. The third-order valence-corrected chi connectivity index (χ3v) is 3.07. The minimum atomic E-state index is -1.76. The standard InChI is InChI=1S/C12H10F3NO4/c13-7-2-6(9(14)11(19)10(7)15)12(20)16-3-5(4-16)1-8(17)18/h2,5,19H,1,3-4H2,(H,17,18). The number of amides is 1. The highest BCUT2D eigenvalue weighted by Gasteiger charge is 2.35. The van der Waals surface area contributed by atoms with Gasteiger partial charge in [0.1, 0.15) is 0 Å².